The predicted octanol–water partition coefficient (Wildman–Crippen LogP) is 6.96. The van der Waals surface area contributed by atoms with Crippen LogP contribution < -0.4 is 10.6 Å². The van der Waals surface area contributed by atoms with Crippen molar-refractivity contribution >= 4 is 88.5 Å². The van der Waals surface area contributed by atoms with Crippen LogP contribution in [0.4, 0.5) is 10.8 Å². The quantitative estimate of drug-likeness (QED) is 0.273. The van der Waals surface area contributed by atoms with E-state index >= 15 is 0 Å². The van der Waals surface area contributed by atoms with Crippen molar-refractivity contribution in [3.05, 3.63) is 71.2 Å². The van der Waals surface area contributed by atoms with Crippen LogP contribution in [0.25, 0.3) is 11.3 Å². The van der Waals surface area contributed by atoms with Gasteiger partial charge in [0.1, 0.15) is 0 Å². The Labute approximate surface area is 195 Å². The number of carbonyl (C=O) groups excluding carboxylic acids is 2. The van der Waals surface area contributed by atoms with E-state index in [9.17, 15) is 9.59 Å². The average molecular weight is 569 g/mol. The van der Waals surface area contributed by atoms with Crippen molar-refractivity contribution in [2.45, 2.75) is 0 Å². The van der Waals surface area contributed by atoms with Gasteiger partial charge in [0.05, 0.1) is 23.0 Å². The Bertz CT molecular complexity index is 1180. The highest BCUT2D eigenvalue weighted by Gasteiger charge is 2.13. The third kappa shape index (κ3) is 5.01. The molecule has 4 aromatic rings. The van der Waals surface area contributed by atoms with Gasteiger partial charge in [0.15, 0.2) is 5.13 Å². The van der Waals surface area contributed by atoms with Crippen LogP contribution in [0.15, 0.2) is 61.5 Å². The number of hydrogen-bond acceptors (Lipinski definition) is 6. The van der Waals surface area contributed by atoms with Crippen LogP contribution in [0.5, 0.6) is 0 Å². The van der Waals surface area contributed by atoms with Crippen LogP contribution in [0.2, 0.25) is 0 Å². The van der Waals surface area contributed by atoms with E-state index in [0.717, 1.165) is 18.8 Å². The van der Waals surface area contributed by atoms with Crippen LogP contribution >= 0.6 is 65.9 Å². The third-order valence-electron chi connectivity index (χ3n) is 3.76. The van der Waals surface area contributed by atoms with Crippen molar-refractivity contribution in [2.24, 2.45) is 0 Å². The summed E-state index contributed by atoms with van der Waals surface area (Å²) < 4.78 is 1.82. The van der Waals surface area contributed by atoms with Gasteiger partial charge in [-0.3, -0.25) is 14.9 Å². The van der Waals surface area contributed by atoms with Gasteiger partial charge in [0, 0.05) is 16.6 Å². The second-order valence-corrected chi connectivity index (χ2v) is 11.5. The molecule has 3 aromatic heterocycles. The molecule has 3 heterocycles. The Balaban J connectivity index is 1.41. The van der Waals surface area contributed by atoms with E-state index in [1.807, 2.05) is 41.8 Å². The Morgan fingerprint density at radius 3 is 1.93 bits per heavy atom. The molecular weight excluding hydrogens is 558 g/mol. The number of thiophene rings is 2. The lowest BCUT2D eigenvalue weighted by atomic mass is 10.1. The zero-order valence-electron chi connectivity index (χ0n) is 14.4. The topological polar surface area (TPSA) is 71.1 Å². The molecule has 1 aromatic carbocycles. The van der Waals surface area contributed by atoms with Crippen LogP contribution in [0.3, 0.4) is 0 Å². The fourth-order valence-corrected chi connectivity index (χ4v) is 5.69. The van der Waals surface area contributed by atoms with Crippen molar-refractivity contribution in [3.8, 4) is 11.3 Å². The molecule has 0 aliphatic heterocycles. The number of thiazole rings is 1. The number of anilines is 2. The molecule has 10 heteroatoms. The number of hydrogen-bond donors (Lipinski definition) is 2. The van der Waals surface area contributed by atoms with Crippen LogP contribution in [0.1, 0.15) is 19.3 Å². The molecule has 29 heavy (non-hydrogen) atoms. The molecule has 2 N–H and O–H groups in total. The standard InChI is InChI=1S/C19H11Br2N3O2S3/c20-15-7-5-13(28-15)17(25)22-11-3-1-10(2-4-11)12-9-27-19(23-12)24-18(26)14-6-8-16(21)29-14/h1-9H,(H,22,25)(H,23,24,26). The molecule has 5 nitrogen and oxygen atoms in total. The molecule has 0 atom stereocenters. The van der Waals surface area contributed by atoms with Crippen molar-refractivity contribution in [3.63, 3.8) is 0 Å². The number of rotatable bonds is 5. The Morgan fingerprint density at radius 2 is 1.38 bits per heavy atom. The molecule has 2 amide bonds. The predicted molar refractivity (Wildman–Crippen MR) is 127 cm³/mol. The highest BCUT2D eigenvalue weighted by molar-refractivity contribution is 9.11. The molecule has 0 spiro atoms. The maximum Gasteiger partial charge on any atom is 0.267 e. The van der Waals surface area contributed by atoms with E-state index in [-0.39, 0.29) is 11.8 Å². The summed E-state index contributed by atoms with van der Waals surface area (Å²) in [6.07, 6.45) is 0. The number of benzene rings is 1. The van der Waals surface area contributed by atoms with Crippen molar-refractivity contribution < 1.29 is 9.59 Å². The second-order valence-electron chi connectivity index (χ2n) is 5.73. The number of nitrogens with one attached hydrogen (secondary N) is 2. The molecule has 0 unspecified atom stereocenters. The van der Waals surface area contributed by atoms with E-state index < -0.39 is 0 Å². The van der Waals surface area contributed by atoms with Crippen molar-refractivity contribution in [2.75, 3.05) is 10.6 Å². The molecule has 0 saturated carbocycles. The van der Waals surface area contributed by atoms with Gasteiger partial charge >= 0.3 is 0 Å². The van der Waals surface area contributed by atoms with Crippen LogP contribution in [0, 0.1) is 0 Å². The van der Waals surface area contributed by atoms with E-state index in [0.29, 0.717) is 20.6 Å². The van der Waals surface area contributed by atoms with Crippen molar-refractivity contribution in [1.82, 2.24) is 4.98 Å². The van der Waals surface area contributed by atoms with E-state index in [2.05, 4.69) is 47.5 Å². The first-order valence-electron chi connectivity index (χ1n) is 8.17. The van der Waals surface area contributed by atoms with Gasteiger partial charge in [-0.2, -0.15) is 0 Å². The largest absolute Gasteiger partial charge is 0.321 e. The van der Waals surface area contributed by atoms with E-state index in [1.54, 1.807) is 12.1 Å². The zero-order chi connectivity index (χ0) is 20.4. The van der Waals surface area contributed by atoms with Gasteiger partial charge in [-0.05, 0) is 68.3 Å². The maximum atomic E-state index is 12.2. The normalized spacial score (nSPS) is 10.7. The molecule has 0 radical (unpaired) electrons. The molecule has 0 saturated heterocycles. The second kappa shape index (κ2) is 8.88. The molecular formula is C19H11Br2N3O2S3. The fraction of sp³-hybridized carbons (Fsp3) is 0. The zero-order valence-corrected chi connectivity index (χ0v) is 20.1. The number of amides is 2. The van der Waals surface area contributed by atoms with Gasteiger partial charge in [0.2, 0.25) is 0 Å². The molecule has 0 aliphatic rings. The van der Waals surface area contributed by atoms with Gasteiger partial charge in [-0.15, -0.1) is 34.0 Å². The summed E-state index contributed by atoms with van der Waals surface area (Å²) >= 11 is 10.8. The molecule has 0 aliphatic carbocycles. The van der Waals surface area contributed by atoms with Gasteiger partial charge in [-0.25, -0.2) is 4.98 Å². The van der Waals surface area contributed by atoms with Crippen LogP contribution in [-0.4, -0.2) is 16.8 Å². The van der Waals surface area contributed by atoms with Gasteiger partial charge in [0.25, 0.3) is 11.8 Å². The van der Waals surface area contributed by atoms with E-state index in [4.69, 9.17) is 0 Å². The maximum absolute atomic E-state index is 12.2. The third-order valence-corrected chi connectivity index (χ3v) is 7.76. The molecule has 0 fully saturated rings. The molecule has 0 bridgehead atoms. The monoisotopic (exact) mass is 567 g/mol. The Morgan fingerprint density at radius 1 is 0.793 bits per heavy atom. The SMILES string of the molecule is O=C(Nc1ccc(-c2csc(NC(=O)c3ccc(Br)s3)n2)cc1)c1ccc(Br)s1. The van der Waals surface area contributed by atoms with Gasteiger partial charge in [-0.1, -0.05) is 12.1 Å². The smallest absolute Gasteiger partial charge is 0.267 e. The van der Waals surface area contributed by atoms with E-state index in [1.165, 1.54) is 34.0 Å². The molecule has 4 rings (SSSR count). The Hall–Kier alpha value is -1.85. The molecule has 146 valence electrons. The summed E-state index contributed by atoms with van der Waals surface area (Å²) in [6, 6.07) is 14.7. The van der Waals surface area contributed by atoms with Gasteiger partial charge < -0.3 is 5.32 Å². The summed E-state index contributed by atoms with van der Waals surface area (Å²) in [6.45, 7) is 0. The summed E-state index contributed by atoms with van der Waals surface area (Å²) in [7, 11) is 0. The average Bonchev–Trinajstić information content (AvgIpc) is 3.44. The minimum absolute atomic E-state index is 0.146. The van der Waals surface area contributed by atoms with Crippen molar-refractivity contribution in [1.29, 1.82) is 0 Å². The Kier molecular flexibility index (Phi) is 6.26. The number of halogens is 2. The number of nitrogens with zero attached hydrogens (tertiary/aromatic N) is 1. The summed E-state index contributed by atoms with van der Waals surface area (Å²) in [5.41, 5.74) is 2.37. The first-order valence-corrected chi connectivity index (χ1v) is 12.3. The fourth-order valence-electron chi connectivity index (χ4n) is 2.41. The first-order chi connectivity index (χ1) is 14.0. The lowest BCUT2D eigenvalue weighted by molar-refractivity contribution is 0.102. The lowest BCUT2D eigenvalue weighted by Crippen LogP contribution is -2.10. The summed E-state index contributed by atoms with van der Waals surface area (Å²) in [5, 5.41) is 8.12. The first kappa shape index (κ1) is 20.4. The number of aromatic nitrogens is 1. The van der Waals surface area contributed by atoms with Crippen LogP contribution in [-0.2, 0) is 0 Å². The summed E-state index contributed by atoms with van der Waals surface area (Å²) in [4.78, 5) is 30.2. The highest BCUT2D eigenvalue weighted by atomic mass is 79.9. The minimum Gasteiger partial charge on any atom is -0.321 e. The minimum atomic E-state index is -0.181. The lowest BCUT2D eigenvalue weighted by Gasteiger charge is -2.04. The number of carbonyl (C=O) groups is 2. The highest BCUT2D eigenvalue weighted by Crippen LogP contribution is 2.28. The summed E-state index contributed by atoms with van der Waals surface area (Å²) in [5.74, 6) is -0.327.